The Morgan fingerprint density at radius 2 is 2.24 bits per heavy atom. The van der Waals surface area contributed by atoms with Crippen molar-refractivity contribution in [1.29, 1.82) is 0 Å². The maximum atomic E-state index is 5.94. The lowest BCUT2D eigenvalue weighted by atomic mass is 10.0. The molecule has 1 aromatic heterocycles. The summed E-state index contributed by atoms with van der Waals surface area (Å²) in [7, 11) is 1.92. The van der Waals surface area contributed by atoms with Gasteiger partial charge in [0.2, 0.25) is 5.28 Å². The molecule has 0 amide bonds. The molecule has 1 atom stereocenters. The molecule has 0 bridgehead atoms. The monoisotopic (exact) mass is 276 g/mol. The Hall–Kier alpha value is -0.650. The van der Waals surface area contributed by atoms with Gasteiger partial charge in [-0.15, -0.1) is 10.2 Å². The highest BCUT2D eigenvalue weighted by Gasteiger charge is 2.19. The van der Waals surface area contributed by atoms with Crippen LogP contribution in [0.2, 0.25) is 10.4 Å². The largest absolute Gasteiger partial charge is 0.381 e. The van der Waals surface area contributed by atoms with Crippen LogP contribution in [-0.4, -0.2) is 42.0 Å². The summed E-state index contributed by atoms with van der Waals surface area (Å²) in [5.74, 6) is 1.07. The maximum absolute atomic E-state index is 5.94. The van der Waals surface area contributed by atoms with E-state index in [1.54, 1.807) is 0 Å². The SMILES string of the molecule is CN(CC1CCCOC1)c1nc(Cl)nnc1Cl. The van der Waals surface area contributed by atoms with Crippen molar-refractivity contribution in [1.82, 2.24) is 15.2 Å². The number of aromatic nitrogens is 3. The van der Waals surface area contributed by atoms with Gasteiger partial charge in [-0.1, -0.05) is 11.6 Å². The zero-order chi connectivity index (χ0) is 12.3. The zero-order valence-electron chi connectivity index (χ0n) is 9.57. The smallest absolute Gasteiger partial charge is 0.245 e. The fourth-order valence-corrected chi connectivity index (χ4v) is 2.30. The minimum Gasteiger partial charge on any atom is -0.381 e. The van der Waals surface area contributed by atoms with Crippen LogP contribution in [0.5, 0.6) is 0 Å². The summed E-state index contributed by atoms with van der Waals surface area (Å²) in [6.45, 7) is 2.48. The van der Waals surface area contributed by atoms with E-state index in [9.17, 15) is 0 Å². The van der Waals surface area contributed by atoms with Crippen LogP contribution in [0.1, 0.15) is 12.8 Å². The number of halogens is 2. The fraction of sp³-hybridized carbons (Fsp3) is 0.700. The Morgan fingerprint density at radius 3 is 2.94 bits per heavy atom. The Morgan fingerprint density at radius 1 is 1.41 bits per heavy atom. The molecule has 1 aromatic rings. The average molecular weight is 277 g/mol. The van der Waals surface area contributed by atoms with E-state index in [0.29, 0.717) is 11.7 Å². The van der Waals surface area contributed by atoms with Crippen molar-refractivity contribution in [3.63, 3.8) is 0 Å². The van der Waals surface area contributed by atoms with Crippen LogP contribution in [0.25, 0.3) is 0 Å². The predicted molar refractivity (Wildman–Crippen MR) is 66.7 cm³/mol. The molecule has 0 aliphatic carbocycles. The number of hydrogen-bond donors (Lipinski definition) is 0. The first-order valence-corrected chi connectivity index (χ1v) is 6.27. The Balaban J connectivity index is 2.02. The van der Waals surface area contributed by atoms with E-state index in [1.807, 2.05) is 11.9 Å². The molecule has 1 saturated heterocycles. The van der Waals surface area contributed by atoms with Gasteiger partial charge >= 0.3 is 0 Å². The molecule has 1 aliphatic heterocycles. The zero-order valence-corrected chi connectivity index (χ0v) is 11.1. The topological polar surface area (TPSA) is 51.1 Å². The molecule has 5 nitrogen and oxygen atoms in total. The van der Waals surface area contributed by atoms with E-state index in [1.165, 1.54) is 0 Å². The molecule has 1 unspecified atom stereocenters. The third-order valence-electron chi connectivity index (χ3n) is 2.75. The quantitative estimate of drug-likeness (QED) is 0.846. The molecule has 7 heteroatoms. The van der Waals surface area contributed by atoms with Gasteiger partial charge in [0.1, 0.15) is 0 Å². The van der Waals surface area contributed by atoms with Crippen LogP contribution in [0.15, 0.2) is 0 Å². The van der Waals surface area contributed by atoms with Crippen LogP contribution in [0.4, 0.5) is 5.82 Å². The van der Waals surface area contributed by atoms with Crippen molar-refractivity contribution in [2.75, 3.05) is 31.7 Å². The van der Waals surface area contributed by atoms with Gasteiger partial charge in [-0.2, -0.15) is 4.98 Å². The average Bonchev–Trinajstić information content (AvgIpc) is 2.33. The van der Waals surface area contributed by atoms with Crippen molar-refractivity contribution < 1.29 is 4.74 Å². The highest BCUT2D eigenvalue weighted by atomic mass is 35.5. The lowest BCUT2D eigenvalue weighted by molar-refractivity contribution is 0.0576. The molecule has 1 aliphatic rings. The van der Waals surface area contributed by atoms with E-state index in [2.05, 4.69) is 15.2 Å². The molecular weight excluding hydrogens is 263 g/mol. The van der Waals surface area contributed by atoms with E-state index < -0.39 is 0 Å². The first-order valence-electron chi connectivity index (χ1n) is 5.51. The number of rotatable bonds is 3. The van der Waals surface area contributed by atoms with Crippen LogP contribution in [0, 0.1) is 5.92 Å². The number of ether oxygens (including phenoxy) is 1. The van der Waals surface area contributed by atoms with Gasteiger partial charge in [0, 0.05) is 20.2 Å². The van der Waals surface area contributed by atoms with E-state index in [0.717, 1.165) is 32.6 Å². The molecule has 2 rings (SSSR count). The van der Waals surface area contributed by atoms with Crippen LogP contribution in [0.3, 0.4) is 0 Å². The third-order valence-corrected chi connectivity index (χ3v) is 3.16. The molecule has 0 radical (unpaired) electrons. The van der Waals surface area contributed by atoms with Gasteiger partial charge in [-0.25, -0.2) is 0 Å². The Kier molecular flexibility index (Phi) is 4.36. The molecule has 17 heavy (non-hydrogen) atoms. The minimum absolute atomic E-state index is 0.108. The minimum atomic E-state index is 0.108. The lowest BCUT2D eigenvalue weighted by Gasteiger charge is -2.27. The highest BCUT2D eigenvalue weighted by molar-refractivity contribution is 6.32. The van der Waals surface area contributed by atoms with Crippen molar-refractivity contribution in [3.05, 3.63) is 10.4 Å². The summed E-state index contributed by atoms with van der Waals surface area (Å²) in [5, 5.41) is 7.71. The summed E-state index contributed by atoms with van der Waals surface area (Å²) in [4.78, 5) is 6.03. The Labute approximate surface area is 110 Å². The standard InChI is InChI=1S/C10H14Cl2N4O/c1-16(5-7-3-2-4-17-6-7)9-8(11)14-15-10(12)13-9/h7H,2-6H2,1H3. The van der Waals surface area contributed by atoms with Crippen LogP contribution < -0.4 is 4.90 Å². The molecule has 2 heterocycles. The van der Waals surface area contributed by atoms with Crippen molar-refractivity contribution in [2.45, 2.75) is 12.8 Å². The molecule has 1 fully saturated rings. The summed E-state index contributed by atoms with van der Waals surface area (Å²) in [5.41, 5.74) is 0. The van der Waals surface area contributed by atoms with Crippen LogP contribution >= 0.6 is 23.2 Å². The fourth-order valence-electron chi connectivity index (χ4n) is 1.95. The number of anilines is 1. The van der Waals surface area contributed by atoms with Crippen molar-refractivity contribution in [3.8, 4) is 0 Å². The van der Waals surface area contributed by atoms with Gasteiger partial charge in [0.05, 0.1) is 6.61 Å². The third kappa shape index (κ3) is 3.40. The highest BCUT2D eigenvalue weighted by Crippen LogP contribution is 2.23. The summed E-state index contributed by atoms with van der Waals surface area (Å²) in [6.07, 6.45) is 2.27. The second kappa shape index (κ2) is 5.80. The molecule has 0 saturated carbocycles. The van der Waals surface area contributed by atoms with Crippen LogP contribution in [-0.2, 0) is 4.74 Å². The van der Waals surface area contributed by atoms with E-state index in [-0.39, 0.29) is 10.4 Å². The molecule has 0 N–H and O–H groups in total. The van der Waals surface area contributed by atoms with E-state index >= 15 is 0 Å². The second-order valence-electron chi connectivity index (χ2n) is 4.16. The Bertz CT molecular complexity index is 385. The van der Waals surface area contributed by atoms with Crippen molar-refractivity contribution in [2.24, 2.45) is 5.92 Å². The summed E-state index contributed by atoms with van der Waals surface area (Å²) in [6, 6.07) is 0. The molecular formula is C10H14Cl2N4O. The first-order chi connectivity index (χ1) is 8.16. The number of hydrogen-bond acceptors (Lipinski definition) is 5. The van der Waals surface area contributed by atoms with Gasteiger partial charge in [-0.05, 0) is 30.4 Å². The second-order valence-corrected chi connectivity index (χ2v) is 4.86. The number of nitrogens with zero attached hydrogens (tertiary/aromatic N) is 4. The van der Waals surface area contributed by atoms with E-state index in [4.69, 9.17) is 27.9 Å². The normalized spacial score (nSPS) is 20.3. The van der Waals surface area contributed by atoms with Gasteiger partial charge in [0.15, 0.2) is 11.0 Å². The van der Waals surface area contributed by atoms with Gasteiger partial charge in [-0.3, -0.25) is 0 Å². The van der Waals surface area contributed by atoms with Gasteiger partial charge < -0.3 is 9.64 Å². The summed E-state index contributed by atoms with van der Waals surface area (Å²) < 4.78 is 5.44. The molecule has 94 valence electrons. The first kappa shape index (κ1) is 12.8. The maximum Gasteiger partial charge on any atom is 0.245 e. The predicted octanol–water partition coefficient (Wildman–Crippen LogP) is 2.04. The lowest BCUT2D eigenvalue weighted by Crippen LogP contribution is -2.31. The van der Waals surface area contributed by atoms with Crippen molar-refractivity contribution >= 4 is 29.0 Å². The summed E-state index contributed by atoms with van der Waals surface area (Å²) >= 11 is 11.7. The molecule has 0 spiro atoms. The molecule has 0 aromatic carbocycles. The van der Waals surface area contributed by atoms with Gasteiger partial charge in [0.25, 0.3) is 0 Å².